The SMILES string of the molecule is NC(=O)c1nn(CC(=O)N2CCCC[C@H]2C(=O)Nc2cccc(Cl)n2)c2ccccc12. The maximum Gasteiger partial charge on any atom is 0.269 e. The van der Waals surface area contributed by atoms with Crippen molar-refractivity contribution < 1.29 is 14.4 Å². The van der Waals surface area contributed by atoms with Crippen LogP contribution in [0.5, 0.6) is 0 Å². The minimum atomic E-state index is -0.661. The highest BCUT2D eigenvalue weighted by atomic mass is 35.5. The molecule has 0 saturated carbocycles. The standard InChI is InChI=1S/C21H21ClN6O3/c22-16-9-5-10-17(24-16)25-21(31)15-8-3-4-11-27(15)18(29)12-28-14-7-2-1-6-13(14)19(26-28)20(23)30/h1-2,5-7,9-10,15H,3-4,8,11-12H2,(H2,23,30)(H,24,25,31)/t15-/m0/s1. The van der Waals surface area contributed by atoms with Gasteiger partial charge < -0.3 is 16.0 Å². The van der Waals surface area contributed by atoms with Crippen LogP contribution in [-0.4, -0.2) is 50.0 Å². The van der Waals surface area contributed by atoms with E-state index < -0.39 is 11.9 Å². The zero-order valence-corrected chi connectivity index (χ0v) is 17.4. The van der Waals surface area contributed by atoms with Gasteiger partial charge in [0.15, 0.2) is 5.69 Å². The van der Waals surface area contributed by atoms with Crippen molar-refractivity contribution in [1.29, 1.82) is 0 Å². The number of primary amides is 1. The highest BCUT2D eigenvalue weighted by molar-refractivity contribution is 6.29. The number of carbonyl (C=O) groups excluding carboxylic acids is 3. The Morgan fingerprint density at radius 3 is 2.71 bits per heavy atom. The van der Waals surface area contributed by atoms with E-state index in [-0.39, 0.29) is 29.2 Å². The van der Waals surface area contributed by atoms with Crippen molar-refractivity contribution in [3.05, 3.63) is 53.3 Å². The highest BCUT2D eigenvalue weighted by Gasteiger charge is 2.33. The molecule has 9 nitrogen and oxygen atoms in total. The van der Waals surface area contributed by atoms with Crippen LogP contribution in [0.1, 0.15) is 29.8 Å². The Bertz CT molecular complexity index is 1160. The molecule has 1 aromatic carbocycles. The summed E-state index contributed by atoms with van der Waals surface area (Å²) in [4.78, 5) is 43.4. The number of hydrogen-bond acceptors (Lipinski definition) is 5. The van der Waals surface area contributed by atoms with Gasteiger partial charge in [0.25, 0.3) is 5.91 Å². The summed E-state index contributed by atoms with van der Waals surface area (Å²) >= 11 is 5.89. The third-order valence-corrected chi connectivity index (χ3v) is 5.48. The predicted octanol–water partition coefficient (Wildman–Crippen LogP) is 2.20. The first-order valence-electron chi connectivity index (χ1n) is 9.92. The van der Waals surface area contributed by atoms with Gasteiger partial charge in [-0.25, -0.2) is 4.98 Å². The first kappa shape index (κ1) is 20.8. The summed E-state index contributed by atoms with van der Waals surface area (Å²) in [6.45, 7) is 0.356. The lowest BCUT2D eigenvalue weighted by molar-refractivity contribution is -0.141. The quantitative estimate of drug-likeness (QED) is 0.588. The fourth-order valence-electron chi connectivity index (χ4n) is 3.84. The van der Waals surface area contributed by atoms with Gasteiger partial charge >= 0.3 is 0 Å². The van der Waals surface area contributed by atoms with Gasteiger partial charge in [-0.15, -0.1) is 0 Å². The lowest BCUT2D eigenvalue weighted by atomic mass is 10.0. The number of carbonyl (C=O) groups is 3. The van der Waals surface area contributed by atoms with Crippen LogP contribution < -0.4 is 11.1 Å². The molecule has 0 unspecified atom stereocenters. The number of para-hydroxylation sites is 1. The smallest absolute Gasteiger partial charge is 0.269 e. The Kier molecular flexibility index (Phi) is 5.85. The minimum Gasteiger partial charge on any atom is -0.364 e. The molecule has 4 rings (SSSR count). The lowest BCUT2D eigenvalue weighted by Gasteiger charge is -2.34. The van der Waals surface area contributed by atoms with Gasteiger partial charge in [0.1, 0.15) is 23.6 Å². The molecule has 3 aromatic rings. The van der Waals surface area contributed by atoms with Gasteiger partial charge in [-0.1, -0.05) is 35.9 Å². The number of fused-ring (bicyclic) bond motifs is 1. The number of hydrogen-bond donors (Lipinski definition) is 2. The van der Waals surface area contributed by atoms with Crippen LogP contribution in [0.3, 0.4) is 0 Å². The van der Waals surface area contributed by atoms with Gasteiger partial charge in [0.2, 0.25) is 11.8 Å². The number of nitrogens with one attached hydrogen (secondary N) is 1. The van der Waals surface area contributed by atoms with E-state index >= 15 is 0 Å². The summed E-state index contributed by atoms with van der Waals surface area (Å²) in [7, 11) is 0. The molecular weight excluding hydrogens is 420 g/mol. The van der Waals surface area contributed by atoms with E-state index in [4.69, 9.17) is 17.3 Å². The molecular formula is C21H21ClN6O3. The number of amides is 3. The zero-order valence-electron chi connectivity index (χ0n) is 16.6. The van der Waals surface area contributed by atoms with E-state index in [0.29, 0.717) is 29.7 Å². The third-order valence-electron chi connectivity index (χ3n) is 5.27. The summed E-state index contributed by atoms with van der Waals surface area (Å²) in [6, 6.07) is 11.4. The number of pyridine rings is 1. The predicted molar refractivity (Wildman–Crippen MR) is 115 cm³/mol. The van der Waals surface area contributed by atoms with Crippen LogP contribution in [-0.2, 0) is 16.1 Å². The molecule has 0 aliphatic carbocycles. The van der Waals surface area contributed by atoms with E-state index in [1.54, 1.807) is 47.4 Å². The topological polar surface area (TPSA) is 123 Å². The molecule has 1 aliphatic rings. The number of likely N-dealkylation sites (tertiary alicyclic amines) is 1. The summed E-state index contributed by atoms with van der Waals surface area (Å²) in [5, 5.41) is 7.83. The first-order valence-corrected chi connectivity index (χ1v) is 10.3. The van der Waals surface area contributed by atoms with Crippen LogP contribution in [0.25, 0.3) is 10.9 Å². The summed E-state index contributed by atoms with van der Waals surface area (Å²) in [5.41, 5.74) is 6.18. The van der Waals surface area contributed by atoms with E-state index in [0.717, 1.165) is 12.8 Å². The molecule has 160 valence electrons. The van der Waals surface area contributed by atoms with Crippen LogP contribution in [0.15, 0.2) is 42.5 Å². The number of piperidine rings is 1. The third kappa shape index (κ3) is 4.36. The summed E-state index contributed by atoms with van der Waals surface area (Å²) in [6.07, 6.45) is 2.18. The molecule has 10 heteroatoms. The van der Waals surface area contributed by atoms with Crippen LogP contribution in [0.4, 0.5) is 5.82 Å². The molecule has 3 N–H and O–H groups in total. The number of halogens is 1. The Balaban J connectivity index is 1.55. The van der Waals surface area contributed by atoms with Crippen molar-refractivity contribution in [3.8, 4) is 0 Å². The van der Waals surface area contributed by atoms with Gasteiger partial charge in [-0.05, 0) is 37.5 Å². The van der Waals surface area contributed by atoms with Crippen molar-refractivity contribution in [3.63, 3.8) is 0 Å². The number of nitrogens with zero attached hydrogens (tertiary/aromatic N) is 4. The Morgan fingerprint density at radius 1 is 1.13 bits per heavy atom. The van der Waals surface area contributed by atoms with Crippen molar-refractivity contribution in [2.75, 3.05) is 11.9 Å². The molecule has 2 aromatic heterocycles. The van der Waals surface area contributed by atoms with Crippen molar-refractivity contribution >= 4 is 46.0 Å². The molecule has 1 saturated heterocycles. The largest absolute Gasteiger partial charge is 0.364 e. The molecule has 3 amide bonds. The van der Waals surface area contributed by atoms with E-state index in [1.807, 2.05) is 0 Å². The lowest BCUT2D eigenvalue weighted by Crippen LogP contribution is -2.51. The number of anilines is 1. The van der Waals surface area contributed by atoms with Gasteiger partial charge in [-0.2, -0.15) is 5.10 Å². The first-order chi connectivity index (χ1) is 14.9. The Labute approximate surface area is 183 Å². The molecule has 0 radical (unpaired) electrons. The Hall–Kier alpha value is -3.46. The molecule has 1 aliphatic heterocycles. The number of nitrogens with two attached hydrogens (primary N) is 1. The molecule has 0 bridgehead atoms. The number of aromatic nitrogens is 3. The fourth-order valence-corrected chi connectivity index (χ4v) is 4.00. The second kappa shape index (κ2) is 8.73. The monoisotopic (exact) mass is 440 g/mol. The highest BCUT2D eigenvalue weighted by Crippen LogP contribution is 2.22. The van der Waals surface area contributed by atoms with Crippen molar-refractivity contribution in [2.24, 2.45) is 5.73 Å². The van der Waals surface area contributed by atoms with Crippen LogP contribution >= 0.6 is 11.6 Å². The summed E-state index contributed by atoms with van der Waals surface area (Å²) < 4.78 is 1.46. The maximum atomic E-state index is 13.1. The van der Waals surface area contributed by atoms with E-state index in [9.17, 15) is 14.4 Å². The van der Waals surface area contributed by atoms with Gasteiger partial charge in [0.05, 0.1) is 5.52 Å². The van der Waals surface area contributed by atoms with Crippen molar-refractivity contribution in [1.82, 2.24) is 19.7 Å². The molecule has 1 atom stereocenters. The van der Waals surface area contributed by atoms with Crippen LogP contribution in [0, 0.1) is 0 Å². The normalized spacial score (nSPS) is 16.3. The summed E-state index contributed by atoms with van der Waals surface area (Å²) in [5.74, 6) is -0.902. The van der Waals surface area contributed by atoms with Crippen LogP contribution in [0.2, 0.25) is 5.15 Å². The number of rotatable bonds is 5. The van der Waals surface area contributed by atoms with Gasteiger partial charge in [0, 0.05) is 11.9 Å². The van der Waals surface area contributed by atoms with Crippen molar-refractivity contribution in [2.45, 2.75) is 31.8 Å². The zero-order chi connectivity index (χ0) is 22.0. The van der Waals surface area contributed by atoms with E-state index in [2.05, 4.69) is 15.4 Å². The average molecular weight is 441 g/mol. The Morgan fingerprint density at radius 2 is 1.94 bits per heavy atom. The molecule has 31 heavy (non-hydrogen) atoms. The molecule has 1 fully saturated rings. The van der Waals surface area contributed by atoms with E-state index in [1.165, 1.54) is 4.68 Å². The second-order valence-corrected chi connectivity index (χ2v) is 7.71. The average Bonchev–Trinajstić information content (AvgIpc) is 3.12. The number of benzene rings is 1. The second-order valence-electron chi connectivity index (χ2n) is 7.32. The molecule has 0 spiro atoms. The molecule has 3 heterocycles. The fraction of sp³-hybridized carbons (Fsp3) is 0.286. The minimum absolute atomic E-state index is 0.104. The maximum absolute atomic E-state index is 13.1. The van der Waals surface area contributed by atoms with Gasteiger partial charge in [-0.3, -0.25) is 19.1 Å².